The average Bonchev–Trinajstić information content (AvgIpc) is 1.97. The summed E-state index contributed by atoms with van der Waals surface area (Å²) in [4.78, 5) is -0.491. The maximum Gasteiger partial charge on any atom is 0.261 e. The molecule has 0 fully saturated rings. The fourth-order valence-corrected chi connectivity index (χ4v) is 1.73. The molecule has 0 aliphatic carbocycles. The van der Waals surface area contributed by atoms with E-state index in [1.165, 1.54) is 0 Å². The molecular weight excluding hydrogens is 242 g/mol. The Morgan fingerprint density at radius 3 is 2.31 bits per heavy atom. The normalized spacial score (nSPS) is 11.6. The summed E-state index contributed by atoms with van der Waals surface area (Å²) in [5, 5.41) is 8.45. The first kappa shape index (κ1) is 10.6. The zero-order chi connectivity index (χ0) is 10.2. The molecule has 7 heteroatoms. The molecule has 1 N–H and O–H groups in total. The van der Waals surface area contributed by atoms with Crippen molar-refractivity contribution in [1.82, 2.24) is 0 Å². The highest BCUT2D eigenvalue weighted by atomic mass is 35.7. The molecule has 3 nitrogen and oxygen atoms in total. The lowest BCUT2D eigenvalue weighted by molar-refractivity contribution is 0.431. The van der Waals surface area contributed by atoms with Crippen molar-refractivity contribution in [2.45, 2.75) is 4.90 Å². The molecular formula is C6H3Cl2FO3S. The summed E-state index contributed by atoms with van der Waals surface area (Å²) >= 11 is 5.31. The third-order valence-electron chi connectivity index (χ3n) is 1.27. The Bertz CT molecular complexity index is 420. The quantitative estimate of drug-likeness (QED) is 0.771. The number of aromatic hydroxyl groups is 1. The van der Waals surface area contributed by atoms with Crippen LogP contribution in [0.25, 0.3) is 0 Å². The highest BCUT2D eigenvalue weighted by molar-refractivity contribution is 8.13. The van der Waals surface area contributed by atoms with Gasteiger partial charge in [-0.05, 0) is 12.1 Å². The number of rotatable bonds is 1. The summed E-state index contributed by atoms with van der Waals surface area (Å²) in [6, 6.07) is 1.45. The summed E-state index contributed by atoms with van der Waals surface area (Å²) in [7, 11) is 0.892. The third-order valence-corrected chi connectivity index (χ3v) is 2.89. The van der Waals surface area contributed by atoms with Crippen molar-refractivity contribution in [3.8, 4) is 5.75 Å². The maximum atomic E-state index is 12.7. The minimum atomic E-state index is -4.03. The Balaban J connectivity index is 3.47. The Morgan fingerprint density at radius 2 is 1.92 bits per heavy atom. The lowest BCUT2D eigenvalue weighted by atomic mass is 10.3. The summed E-state index contributed by atoms with van der Waals surface area (Å²) < 4.78 is 34.1. The van der Waals surface area contributed by atoms with E-state index in [0.29, 0.717) is 6.07 Å². The number of benzene rings is 1. The van der Waals surface area contributed by atoms with Crippen LogP contribution in [-0.4, -0.2) is 13.5 Å². The minimum absolute atomic E-state index is 0.403. The fraction of sp³-hybridized carbons (Fsp3) is 0. The van der Waals surface area contributed by atoms with Crippen LogP contribution in [-0.2, 0) is 9.05 Å². The summed E-state index contributed by atoms with van der Waals surface area (Å²) in [5.74, 6) is -1.93. The molecule has 0 amide bonds. The molecule has 1 aromatic carbocycles. The lowest BCUT2D eigenvalue weighted by Crippen LogP contribution is -1.92. The van der Waals surface area contributed by atoms with E-state index in [0.717, 1.165) is 6.07 Å². The second-order valence-corrected chi connectivity index (χ2v) is 5.15. The van der Waals surface area contributed by atoms with Gasteiger partial charge in [-0.25, -0.2) is 12.8 Å². The molecule has 1 aromatic rings. The first-order valence-corrected chi connectivity index (χ1v) is 5.64. The largest absolute Gasteiger partial charge is 0.504 e. The van der Waals surface area contributed by atoms with E-state index in [4.69, 9.17) is 27.4 Å². The van der Waals surface area contributed by atoms with Gasteiger partial charge >= 0.3 is 0 Å². The highest BCUT2D eigenvalue weighted by Crippen LogP contribution is 2.30. The Hall–Kier alpha value is -0.520. The van der Waals surface area contributed by atoms with Crippen LogP contribution in [0.3, 0.4) is 0 Å². The molecule has 0 radical (unpaired) electrons. The average molecular weight is 245 g/mol. The van der Waals surface area contributed by atoms with Crippen LogP contribution >= 0.6 is 22.3 Å². The van der Waals surface area contributed by atoms with Crippen molar-refractivity contribution in [1.29, 1.82) is 0 Å². The standard InChI is InChI=1S/C6H3Cl2FO3S/c7-4-1-3(13(8,11)12)2-5(9)6(4)10/h1-2,10H. The third kappa shape index (κ3) is 2.24. The molecule has 0 spiro atoms. The van der Waals surface area contributed by atoms with Gasteiger partial charge in [-0.2, -0.15) is 0 Å². The molecule has 13 heavy (non-hydrogen) atoms. The molecule has 72 valence electrons. The number of hydrogen-bond acceptors (Lipinski definition) is 3. The molecule has 0 atom stereocenters. The minimum Gasteiger partial charge on any atom is -0.504 e. The molecule has 1 rings (SSSR count). The Morgan fingerprint density at radius 1 is 1.38 bits per heavy atom. The van der Waals surface area contributed by atoms with E-state index in [9.17, 15) is 12.8 Å². The van der Waals surface area contributed by atoms with Gasteiger partial charge in [0.15, 0.2) is 11.6 Å². The van der Waals surface area contributed by atoms with Gasteiger partial charge in [-0.3, -0.25) is 0 Å². The van der Waals surface area contributed by atoms with Crippen LogP contribution in [0.2, 0.25) is 5.02 Å². The molecule has 0 aliphatic heterocycles. The smallest absolute Gasteiger partial charge is 0.261 e. The summed E-state index contributed by atoms with van der Waals surface area (Å²) in [5.41, 5.74) is 0. The first-order valence-electron chi connectivity index (χ1n) is 2.95. The maximum absolute atomic E-state index is 12.7. The predicted molar refractivity (Wildman–Crippen MR) is 46.1 cm³/mol. The fourth-order valence-electron chi connectivity index (χ4n) is 0.683. The monoisotopic (exact) mass is 244 g/mol. The molecule has 0 unspecified atom stereocenters. The van der Waals surface area contributed by atoms with Crippen LogP contribution in [0.4, 0.5) is 4.39 Å². The zero-order valence-electron chi connectivity index (χ0n) is 5.96. The van der Waals surface area contributed by atoms with Crippen molar-refractivity contribution >= 4 is 31.3 Å². The van der Waals surface area contributed by atoms with Crippen LogP contribution in [0.5, 0.6) is 5.75 Å². The molecule has 0 heterocycles. The summed E-state index contributed by atoms with van der Waals surface area (Å²) in [6.45, 7) is 0. The van der Waals surface area contributed by atoms with E-state index in [1.807, 2.05) is 0 Å². The van der Waals surface area contributed by atoms with Crippen LogP contribution in [0.15, 0.2) is 17.0 Å². The Labute approximate surface area is 83.1 Å². The van der Waals surface area contributed by atoms with E-state index < -0.39 is 30.5 Å². The molecule has 0 bridgehead atoms. The lowest BCUT2D eigenvalue weighted by Gasteiger charge is -2.00. The second-order valence-electron chi connectivity index (χ2n) is 2.17. The SMILES string of the molecule is O=S(=O)(Cl)c1cc(F)c(O)c(Cl)c1. The number of hydrogen-bond donors (Lipinski definition) is 1. The second kappa shape index (κ2) is 3.32. The van der Waals surface area contributed by atoms with Crippen LogP contribution in [0.1, 0.15) is 0 Å². The van der Waals surface area contributed by atoms with Crippen molar-refractivity contribution in [3.05, 3.63) is 23.0 Å². The van der Waals surface area contributed by atoms with Crippen molar-refractivity contribution in [3.63, 3.8) is 0 Å². The molecule has 0 aliphatic rings. The number of halogens is 3. The van der Waals surface area contributed by atoms with Gasteiger partial charge in [0.2, 0.25) is 0 Å². The van der Waals surface area contributed by atoms with Gasteiger partial charge in [0.25, 0.3) is 9.05 Å². The topological polar surface area (TPSA) is 54.4 Å². The van der Waals surface area contributed by atoms with Crippen molar-refractivity contribution in [2.75, 3.05) is 0 Å². The Kier molecular flexibility index (Phi) is 2.70. The van der Waals surface area contributed by atoms with Gasteiger partial charge in [-0.15, -0.1) is 0 Å². The van der Waals surface area contributed by atoms with Gasteiger partial charge in [0.05, 0.1) is 9.92 Å². The van der Waals surface area contributed by atoms with E-state index in [2.05, 4.69) is 0 Å². The van der Waals surface area contributed by atoms with Gasteiger partial charge < -0.3 is 5.11 Å². The van der Waals surface area contributed by atoms with E-state index in [-0.39, 0.29) is 0 Å². The number of phenols is 1. The highest BCUT2D eigenvalue weighted by Gasteiger charge is 2.15. The van der Waals surface area contributed by atoms with Crippen LogP contribution < -0.4 is 0 Å². The van der Waals surface area contributed by atoms with Gasteiger partial charge in [0.1, 0.15) is 0 Å². The van der Waals surface area contributed by atoms with Gasteiger partial charge in [0, 0.05) is 10.7 Å². The first-order chi connectivity index (χ1) is 5.82. The van der Waals surface area contributed by atoms with Gasteiger partial charge in [-0.1, -0.05) is 11.6 Å². The summed E-state index contributed by atoms with van der Waals surface area (Å²) in [6.07, 6.45) is 0. The van der Waals surface area contributed by atoms with E-state index >= 15 is 0 Å². The van der Waals surface area contributed by atoms with Crippen molar-refractivity contribution < 1.29 is 17.9 Å². The van der Waals surface area contributed by atoms with E-state index in [1.54, 1.807) is 0 Å². The predicted octanol–water partition coefficient (Wildman–Crippen LogP) is 2.11. The molecule has 0 saturated heterocycles. The zero-order valence-corrected chi connectivity index (χ0v) is 8.29. The molecule has 0 aromatic heterocycles. The van der Waals surface area contributed by atoms with Crippen LogP contribution in [0, 0.1) is 5.82 Å². The van der Waals surface area contributed by atoms with Crippen molar-refractivity contribution in [2.24, 2.45) is 0 Å². The number of phenolic OH excluding ortho intramolecular Hbond substituents is 1. The molecule has 0 saturated carbocycles.